The Bertz CT molecular complexity index is 1410. The number of nitrogens with one attached hydrogen (secondary N) is 1. The maximum Gasteiger partial charge on any atom is 0.333 e. The molecule has 4 rings (SSSR count). The summed E-state index contributed by atoms with van der Waals surface area (Å²) >= 11 is 0. The summed E-state index contributed by atoms with van der Waals surface area (Å²) in [6.07, 6.45) is 3.00. The maximum atomic E-state index is 13.1. The van der Waals surface area contributed by atoms with Gasteiger partial charge in [-0.3, -0.25) is 18.7 Å². The van der Waals surface area contributed by atoms with Crippen molar-refractivity contribution >= 4 is 16.9 Å². The summed E-state index contributed by atoms with van der Waals surface area (Å²) in [6, 6.07) is 19.3. The summed E-state index contributed by atoms with van der Waals surface area (Å²) in [5, 5.41) is 3.09. The number of nitrogens with zero attached hydrogens (tertiary/aromatic N) is 4. The fourth-order valence-corrected chi connectivity index (χ4v) is 3.91. The molecule has 2 heterocycles. The van der Waals surface area contributed by atoms with Gasteiger partial charge in [0.1, 0.15) is 11.9 Å². The van der Waals surface area contributed by atoms with Crippen LogP contribution >= 0.6 is 0 Å². The molecular formula is C26H27N5O3. The number of fused-ring (bicyclic) bond motifs is 1. The summed E-state index contributed by atoms with van der Waals surface area (Å²) in [4.78, 5) is 47.7. The van der Waals surface area contributed by atoms with E-state index in [1.165, 1.54) is 16.3 Å². The topological polar surface area (TPSA) is 98.9 Å². The van der Waals surface area contributed by atoms with E-state index in [9.17, 15) is 14.4 Å². The van der Waals surface area contributed by atoms with Crippen molar-refractivity contribution in [3.05, 3.63) is 93.3 Å². The molecule has 1 unspecified atom stereocenters. The van der Waals surface area contributed by atoms with E-state index in [-0.39, 0.29) is 29.5 Å². The lowest BCUT2D eigenvalue weighted by Crippen LogP contribution is -2.45. The average Bonchev–Trinajstić information content (AvgIpc) is 2.86. The van der Waals surface area contributed by atoms with Crippen LogP contribution in [0.4, 0.5) is 0 Å². The summed E-state index contributed by atoms with van der Waals surface area (Å²) < 4.78 is 2.35. The minimum atomic E-state index is -0.573. The molecule has 8 nitrogen and oxygen atoms in total. The van der Waals surface area contributed by atoms with Gasteiger partial charge >= 0.3 is 5.69 Å². The summed E-state index contributed by atoms with van der Waals surface area (Å²) in [6.45, 7) is 3.65. The van der Waals surface area contributed by atoms with E-state index in [1.54, 1.807) is 6.92 Å². The van der Waals surface area contributed by atoms with Crippen molar-refractivity contribution in [1.29, 1.82) is 0 Å². The first-order chi connectivity index (χ1) is 16.5. The standard InChI is InChI=1S/C26H27N5O3/c1-3-30-24-21(16-27-23(29-24)20-12-8-5-9-13-20)25(33)31(26(30)34)17-22(32)28-18(2)14-15-19-10-6-4-7-11-19/h4-13,16,18H,3,14-15,17H2,1-2H3,(H,28,32). The average molecular weight is 458 g/mol. The number of amides is 1. The fraction of sp³-hybridized carbons (Fsp3) is 0.269. The van der Waals surface area contributed by atoms with Gasteiger partial charge in [-0.15, -0.1) is 0 Å². The highest BCUT2D eigenvalue weighted by Gasteiger charge is 2.18. The predicted molar refractivity (Wildman–Crippen MR) is 132 cm³/mol. The van der Waals surface area contributed by atoms with Crippen molar-refractivity contribution in [3.63, 3.8) is 0 Å². The SMILES string of the molecule is CCn1c(=O)n(CC(=O)NC(C)CCc2ccccc2)c(=O)c2cnc(-c3ccccc3)nc21. The first-order valence-corrected chi connectivity index (χ1v) is 11.4. The van der Waals surface area contributed by atoms with Gasteiger partial charge in [0.25, 0.3) is 5.56 Å². The van der Waals surface area contributed by atoms with Gasteiger partial charge in [0.15, 0.2) is 11.5 Å². The summed E-state index contributed by atoms with van der Waals surface area (Å²) in [5.74, 6) is 0.0421. The maximum absolute atomic E-state index is 13.1. The number of aromatic nitrogens is 4. The van der Waals surface area contributed by atoms with Gasteiger partial charge in [-0.25, -0.2) is 14.8 Å². The van der Waals surface area contributed by atoms with E-state index >= 15 is 0 Å². The molecule has 0 bridgehead atoms. The summed E-state index contributed by atoms with van der Waals surface area (Å²) in [7, 11) is 0. The molecule has 0 aliphatic carbocycles. The molecule has 0 saturated heterocycles. The molecule has 34 heavy (non-hydrogen) atoms. The van der Waals surface area contributed by atoms with Crippen molar-refractivity contribution in [3.8, 4) is 11.4 Å². The molecule has 1 N–H and O–H groups in total. The normalized spacial score (nSPS) is 11.9. The largest absolute Gasteiger partial charge is 0.352 e. The minimum Gasteiger partial charge on any atom is -0.352 e. The molecule has 0 radical (unpaired) electrons. The van der Waals surface area contributed by atoms with Gasteiger partial charge in [-0.2, -0.15) is 0 Å². The third-order valence-corrected chi connectivity index (χ3v) is 5.73. The lowest BCUT2D eigenvalue weighted by atomic mass is 10.1. The van der Waals surface area contributed by atoms with Crippen LogP contribution in [0.1, 0.15) is 25.8 Å². The van der Waals surface area contributed by atoms with Gasteiger partial charge in [-0.05, 0) is 32.3 Å². The van der Waals surface area contributed by atoms with E-state index < -0.39 is 11.2 Å². The molecule has 0 aliphatic heterocycles. The quantitative estimate of drug-likeness (QED) is 0.439. The Morgan fingerprint density at radius 3 is 2.35 bits per heavy atom. The second-order valence-corrected chi connectivity index (χ2v) is 8.21. The highest BCUT2D eigenvalue weighted by atomic mass is 16.2. The Kier molecular flexibility index (Phi) is 6.96. The Morgan fingerprint density at radius 2 is 1.68 bits per heavy atom. The number of rotatable bonds is 8. The molecule has 2 aromatic heterocycles. The zero-order valence-electron chi connectivity index (χ0n) is 19.3. The highest BCUT2D eigenvalue weighted by Crippen LogP contribution is 2.16. The van der Waals surface area contributed by atoms with Crippen LogP contribution < -0.4 is 16.6 Å². The number of carbonyl (C=O) groups excluding carboxylic acids is 1. The smallest absolute Gasteiger partial charge is 0.333 e. The van der Waals surface area contributed by atoms with Gasteiger partial charge in [0, 0.05) is 24.3 Å². The van der Waals surface area contributed by atoms with E-state index in [1.807, 2.05) is 67.6 Å². The van der Waals surface area contributed by atoms with E-state index in [0.717, 1.165) is 23.0 Å². The van der Waals surface area contributed by atoms with Crippen LogP contribution in [0.2, 0.25) is 0 Å². The van der Waals surface area contributed by atoms with Crippen molar-refractivity contribution in [2.24, 2.45) is 0 Å². The van der Waals surface area contributed by atoms with Crippen molar-refractivity contribution < 1.29 is 4.79 Å². The third kappa shape index (κ3) is 4.96. The third-order valence-electron chi connectivity index (χ3n) is 5.73. The molecule has 174 valence electrons. The molecule has 0 spiro atoms. The van der Waals surface area contributed by atoms with E-state index in [2.05, 4.69) is 15.3 Å². The van der Waals surface area contributed by atoms with Crippen LogP contribution in [-0.2, 0) is 24.3 Å². The van der Waals surface area contributed by atoms with Crippen LogP contribution in [-0.4, -0.2) is 31.1 Å². The van der Waals surface area contributed by atoms with Gasteiger partial charge < -0.3 is 5.32 Å². The Labute approximate surface area is 196 Å². The molecule has 8 heteroatoms. The molecule has 1 amide bonds. The molecule has 1 atom stereocenters. The summed E-state index contributed by atoms with van der Waals surface area (Å²) in [5.41, 5.74) is 1.10. The molecule has 0 saturated carbocycles. The van der Waals surface area contributed by atoms with Crippen LogP contribution in [0.3, 0.4) is 0 Å². The Morgan fingerprint density at radius 1 is 1.00 bits per heavy atom. The molecule has 2 aromatic carbocycles. The number of benzene rings is 2. The second-order valence-electron chi connectivity index (χ2n) is 8.21. The second kappa shape index (κ2) is 10.2. The van der Waals surface area contributed by atoms with Gasteiger partial charge in [-0.1, -0.05) is 60.7 Å². The fourth-order valence-electron chi connectivity index (χ4n) is 3.91. The number of hydrogen-bond acceptors (Lipinski definition) is 5. The van der Waals surface area contributed by atoms with Crippen LogP contribution in [0.25, 0.3) is 22.4 Å². The van der Waals surface area contributed by atoms with Crippen LogP contribution in [0.15, 0.2) is 76.4 Å². The predicted octanol–water partition coefficient (Wildman–Crippen LogP) is 2.78. The zero-order chi connectivity index (χ0) is 24.1. The molecule has 4 aromatic rings. The monoisotopic (exact) mass is 457 g/mol. The van der Waals surface area contributed by atoms with E-state index in [4.69, 9.17) is 0 Å². The zero-order valence-corrected chi connectivity index (χ0v) is 19.3. The first-order valence-electron chi connectivity index (χ1n) is 11.4. The lowest BCUT2D eigenvalue weighted by molar-refractivity contribution is -0.122. The molecular weight excluding hydrogens is 430 g/mol. The minimum absolute atomic E-state index is 0.103. The van der Waals surface area contributed by atoms with Crippen LogP contribution in [0, 0.1) is 0 Å². The number of carbonyl (C=O) groups is 1. The Hall–Kier alpha value is -4.07. The lowest BCUT2D eigenvalue weighted by Gasteiger charge is -2.16. The van der Waals surface area contributed by atoms with Gasteiger partial charge in [0.05, 0.1) is 0 Å². The van der Waals surface area contributed by atoms with Gasteiger partial charge in [0.2, 0.25) is 5.91 Å². The van der Waals surface area contributed by atoms with Crippen LogP contribution in [0.5, 0.6) is 0 Å². The molecule has 0 fully saturated rings. The van der Waals surface area contributed by atoms with Crippen molar-refractivity contribution in [1.82, 2.24) is 24.4 Å². The van der Waals surface area contributed by atoms with E-state index in [0.29, 0.717) is 12.4 Å². The van der Waals surface area contributed by atoms with Crippen molar-refractivity contribution in [2.75, 3.05) is 0 Å². The van der Waals surface area contributed by atoms with Crippen molar-refractivity contribution in [2.45, 2.75) is 45.8 Å². The Balaban J connectivity index is 1.57. The first kappa shape index (κ1) is 23.1. The highest BCUT2D eigenvalue weighted by molar-refractivity contribution is 5.78. The molecule has 0 aliphatic rings. The number of aryl methyl sites for hydroxylation is 2. The number of hydrogen-bond donors (Lipinski definition) is 1.